The average molecular weight is 514 g/mol. The van der Waals surface area contributed by atoms with E-state index < -0.39 is 0 Å². The largest absolute Gasteiger partial charge is 0.299 e. The van der Waals surface area contributed by atoms with Crippen molar-refractivity contribution in [1.82, 2.24) is 15.0 Å². The number of benzene rings is 5. The number of hydrogen-bond acceptors (Lipinski definition) is 5. The smallest absolute Gasteiger partial charge is 0.164 e. The molecule has 7 rings (SSSR count). The second kappa shape index (κ2) is 9.64. The van der Waals surface area contributed by atoms with Crippen LogP contribution in [0.25, 0.3) is 62.1 Å². The molecule has 40 heavy (non-hydrogen) atoms. The lowest BCUT2D eigenvalue weighted by atomic mass is 9.89. The Morgan fingerprint density at radius 1 is 0.450 bits per heavy atom. The van der Waals surface area contributed by atoms with Crippen molar-refractivity contribution in [3.05, 3.63) is 132 Å². The minimum absolute atomic E-state index is 0.219. The van der Waals surface area contributed by atoms with Crippen molar-refractivity contribution in [1.29, 1.82) is 10.8 Å². The SMILES string of the molecule is N=C1C=Cc2ccc3cc(-c4nc(-c5ccccc5)nc(-c5ccc(-c6ccccc6)cc5)n4)ccc3c2C1=N. The summed E-state index contributed by atoms with van der Waals surface area (Å²) in [4.78, 5) is 14.6. The molecule has 0 saturated carbocycles. The van der Waals surface area contributed by atoms with Crippen LogP contribution in [0.15, 0.2) is 121 Å². The van der Waals surface area contributed by atoms with E-state index in [0.29, 0.717) is 17.5 Å². The molecule has 5 heteroatoms. The van der Waals surface area contributed by atoms with Crippen LogP contribution in [-0.2, 0) is 0 Å². The van der Waals surface area contributed by atoms with Crippen molar-refractivity contribution >= 4 is 28.3 Å². The molecule has 0 aliphatic heterocycles. The summed E-state index contributed by atoms with van der Waals surface area (Å²) in [5.41, 5.74) is 7.19. The van der Waals surface area contributed by atoms with Crippen molar-refractivity contribution in [2.45, 2.75) is 0 Å². The predicted molar refractivity (Wildman–Crippen MR) is 163 cm³/mol. The quantitative estimate of drug-likeness (QED) is 0.250. The Bertz CT molecular complexity index is 1960. The Labute approximate surface area is 231 Å². The minimum Gasteiger partial charge on any atom is -0.299 e. The fourth-order valence-electron chi connectivity index (χ4n) is 5.09. The maximum absolute atomic E-state index is 8.48. The highest BCUT2D eigenvalue weighted by Crippen LogP contribution is 2.32. The molecule has 0 bridgehead atoms. The minimum atomic E-state index is 0.219. The highest BCUT2D eigenvalue weighted by Gasteiger charge is 2.19. The van der Waals surface area contributed by atoms with Gasteiger partial charge < -0.3 is 0 Å². The van der Waals surface area contributed by atoms with Crippen LogP contribution in [0.2, 0.25) is 0 Å². The lowest BCUT2D eigenvalue weighted by molar-refractivity contribution is 1.07. The maximum Gasteiger partial charge on any atom is 0.164 e. The highest BCUT2D eigenvalue weighted by atomic mass is 15.0. The zero-order chi connectivity index (χ0) is 27.1. The predicted octanol–water partition coefficient (Wildman–Crippen LogP) is 8.11. The summed E-state index contributed by atoms with van der Waals surface area (Å²) in [6.45, 7) is 0. The van der Waals surface area contributed by atoms with Crippen molar-refractivity contribution in [2.75, 3.05) is 0 Å². The highest BCUT2D eigenvalue weighted by molar-refractivity contribution is 6.53. The third-order valence-electron chi connectivity index (χ3n) is 7.18. The van der Waals surface area contributed by atoms with Crippen LogP contribution in [0.3, 0.4) is 0 Å². The molecule has 1 aliphatic carbocycles. The summed E-state index contributed by atoms with van der Waals surface area (Å²) < 4.78 is 0. The summed E-state index contributed by atoms with van der Waals surface area (Å²) in [7, 11) is 0. The summed E-state index contributed by atoms with van der Waals surface area (Å²) in [5, 5.41) is 18.5. The first-order valence-electron chi connectivity index (χ1n) is 13.0. The fourth-order valence-corrected chi connectivity index (χ4v) is 5.09. The molecule has 0 radical (unpaired) electrons. The second-order valence-electron chi connectivity index (χ2n) is 9.70. The molecule has 6 aromatic rings. The Balaban J connectivity index is 1.35. The summed E-state index contributed by atoms with van der Waals surface area (Å²) in [6.07, 6.45) is 3.57. The molecule has 1 heterocycles. The normalized spacial score (nSPS) is 12.5. The third-order valence-corrected chi connectivity index (χ3v) is 7.18. The number of fused-ring (bicyclic) bond motifs is 3. The lowest BCUT2D eigenvalue weighted by Crippen LogP contribution is -2.16. The molecule has 1 aliphatic rings. The van der Waals surface area contributed by atoms with Crippen LogP contribution in [-0.4, -0.2) is 26.4 Å². The molecule has 0 spiro atoms. The fraction of sp³-hybridized carbons (Fsp3) is 0. The molecule has 188 valence electrons. The molecular formula is C35H23N5. The van der Waals surface area contributed by atoms with E-state index in [1.165, 1.54) is 0 Å². The number of aromatic nitrogens is 3. The topological polar surface area (TPSA) is 86.4 Å². The van der Waals surface area contributed by atoms with Gasteiger partial charge in [-0.3, -0.25) is 10.8 Å². The Morgan fingerprint density at radius 3 is 1.65 bits per heavy atom. The Hall–Kier alpha value is -5.55. The molecule has 1 aromatic heterocycles. The van der Waals surface area contributed by atoms with Gasteiger partial charge >= 0.3 is 0 Å². The summed E-state index contributed by atoms with van der Waals surface area (Å²) in [6, 6.07) is 38.6. The van der Waals surface area contributed by atoms with Crippen LogP contribution in [0, 0.1) is 10.8 Å². The van der Waals surface area contributed by atoms with E-state index in [9.17, 15) is 0 Å². The molecule has 0 unspecified atom stereocenters. The van der Waals surface area contributed by atoms with Gasteiger partial charge in [-0.1, -0.05) is 115 Å². The Morgan fingerprint density at radius 2 is 0.975 bits per heavy atom. The van der Waals surface area contributed by atoms with Gasteiger partial charge in [0.25, 0.3) is 0 Å². The number of rotatable bonds is 4. The van der Waals surface area contributed by atoms with E-state index >= 15 is 0 Å². The van der Waals surface area contributed by atoms with Gasteiger partial charge in [0, 0.05) is 22.3 Å². The van der Waals surface area contributed by atoms with E-state index in [-0.39, 0.29) is 11.4 Å². The van der Waals surface area contributed by atoms with E-state index in [2.05, 4.69) is 42.5 Å². The van der Waals surface area contributed by atoms with Crippen molar-refractivity contribution in [3.8, 4) is 45.3 Å². The van der Waals surface area contributed by atoms with Crippen LogP contribution in [0.1, 0.15) is 11.1 Å². The third kappa shape index (κ3) is 4.20. The number of nitrogens with one attached hydrogen (secondary N) is 2. The number of nitrogens with zero attached hydrogens (tertiary/aromatic N) is 3. The van der Waals surface area contributed by atoms with E-state index in [4.69, 9.17) is 25.8 Å². The van der Waals surface area contributed by atoms with E-state index in [0.717, 1.165) is 49.7 Å². The van der Waals surface area contributed by atoms with Crippen molar-refractivity contribution in [3.63, 3.8) is 0 Å². The molecule has 5 nitrogen and oxygen atoms in total. The van der Waals surface area contributed by atoms with Gasteiger partial charge in [0.1, 0.15) is 0 Å². The van der Waals surface area contributed by atoms with Crippen LogP contribution >= 0.6 is 0 Å². The van der Waals surface area contributed by atoms with E-state index in [1.54, 1.807) is 6.08 Å². The molecule has 2 N–H and O–H groups in total. The van der Waals surface area contributed by atoms with Crippen LogP contribution < -0.4 is 0 Å². The van der Waals surface area contributed by atoms with Gasteiger partial charge in [-0.05, 0) is 39.6 Å². The molecule has 0 saturated heterocycles. The Kier molecular flexibility index (Phi) is 5.68. The van der Waals surface area contributed by atoms with Gasteiger partial charge in [0.05, 0.1) is 11.4 Å². The first-order valence-corrected chi connectivity index (χ1v) is 13.0. The summed E-state index contributed by atoms with van der Waals surface area (Å²) in [5.74, 6) is 1.80. The summed E-state index contributed by atoms with van der Waals surface area (Å²) >= 11 is 0. The molecular weight excluding hydrogens is 490 g/mol. The lowest BCUT2D eigenvalue weighted by Gasteiger charge is -2.16. The molecule has 0 atom stereocenters. The zero-order valence-electron chi connectivity index (χ0n) is 21.5. The molecule has 5 aromatic carbocycles. The van der Waals surface area contributed by atoms with Gasteiger partial charge in [-0.15, -0.1) is 0 Å². The number of allylic oxidation sites excluding steroid dienone is 1. The maximum atomic E-state index is 8.48. The van der Waals surface area contributed by atoms with E-state index in [1.807, 2.05) is 78.9 Å². The molecule has 0 fully saturated rings. The number of hydrogen-bond donors (Lipinski definition) is 2. The van der Waals surface area contributed by atoms with Crippen LogP contribution in [0.4, 0.5) is 0 Å². The van der Waals surface area contributed by atoms with Crippen molar-refractivity contribution < 1.29 is 0 Å². The molecule has 0 amide bonds. The average Bonchev–Trinajstić information content (AvgIpc) is 3.03. The second-order valence-corrected chi connectivity index (χ2v) is 9.70. The van der Waals surface area contributed by atoms with Gasteiger partial charge in [0.2, 0.25) is 0 Å². The first kappa shape index (κ1) is 23.6. The van der Waals surface area contributed by atoms with Gasteiger partial charge in [-0.25, -0.2) is 15.0 Å². The van der Waals surface area contributed by atoms with Gasteiger partial charge in [-0.2, -0.15) is 0 Å². The first-order chi connectivity index (χ1) is 19.6. The van der Waals surface area contributed by atoms with Gasteiger partial charge in [0.15, 0.2) is 17.5 Å². The standard InChI is InChI=1S/C35H23N5/c36-30-20-18-24-13-16-27-21-28(17-19-29(27)31(24)32(30)37)35-39-33(25-9-5-2-6-10-25)38-34(40-35)26-14-11-23(12-15-26)22-7-3-1-4-8-22/h1-21,36-37H. The van der Waals surface area contributed by atoms with Crippen molar-refractivity contribution in [2.24, 2.45) is 0 Å². The zero-order valence-corrected chi connectivity index (χ0v) is 21.5. The van der Waals surface area contributed by atoms with Crippen LogP contribution in [0.5, 0.6) is 0 Å². The monoisotopic (exact) mass is 513 g/mol.